The number of ether oxygens (including phenoxy) is 1. The first-order valence-electron chi connectivity index (χ1n) is 7.21. The molecule has 0 aliphatic carbocycles. The predicted octanol–water partition coefficient (Wildman–Crippen LogP) is 1.44. The van der Waals surface area contributed by atoms with Crippen LogP contribution in [-0.2, 0) is 16.1 Å². The maximum Gasteiger partial charge on any atom is 0.365 e. The lowest BCUT2D eigenvalue weighted by Crippen LogP contribution is -2.09. The normalized spacial score (nSPS) is 15.1. The van der Waals surface area contributed by atoms with Gasteiger partial charge >= 0.3 is 5.97 Å². The van der Waals surface area contributed by atoms with Crippen molar-refractivity contribution in [2.24, 2.45) is 4.99 Å². The summed E-state index contributed by atoms with van der Waals surface area (Å²) in [5, 5.41) is 40.3. The van der Waals surface area contributed by atoms with E-state index >= 15 is 0 Å². The van der Waals surface area contributed by atoms with Crippen LogP contribution in [0.15, 0.2) is 53.3 Å². The number of hydrogen-bond acceptors (Lipinski definition) is 8. The molecule has 1 aliphatic rings. The first-order chi connectivity index (χ1) is 11.9. The first kappa shape index (κ1) is 16.2. The van der Waals surface area contributed by atoms with Crippen LogP contribution in [0.1, 0.15) is 11.1 Å². The van der Waals surface area contributed by atoms with Crippen molar-refractivity contribution in [1.82, 2.24) is 5.32 Å². The highest BCUT2D eigenvalue weighted by Crippen LogP contribution is 2.27. The average Bonchev–Trinajstić information content (AvgIpc) is 2.94. The number of aromatic hydroxyl groups is 4. The van der Waals surface area contributed by atoms with Gasteiger partial charge in [-0.25, -0.2) is 9.79 Å². The molecule has 8 nitrogen and oxygen atoms in total. The molecule has 3 rings (SSSR count). The van der Waals surface area contributed by atoms with Crippen LogP contribution in [-0.4, -0.2) is 32.3 Å². The van der Waals surface area contributed by atoms with Crippen LogP contribution in [0.2, 0.25) is 0 Å². The van der Waals surface area contributed by atoms with Gasteiger partial charge in [0, 0.05) is 18.3 Å². The van der Waals surface area contributed by atoms with Crippen LogP contribution in [0.3, 0.4) is 0 Å². The fraction of sp³-hybridized carbons (Fsp3) is 0.0588. The fourth-order valence-electron chi connectivity index (χ4n) is 2.13. The minimum absolute atomic E-state index is 0.00984. The van der Waals surface area contributed by atoms with Gasteiger partial charge in [0.2, 0.25) is 5.90 Å². The molecule has 0 radical (unpaired) electrons. The Morgan fingerprint density at radius 1 is 0.960 bits per heavy atom. The maximum absolute atomic E-state index is 11.8. The van der Waals surface area contributed by atoms with Crippen molar-refractivity contribution in [1.29, 1.82) is 0 Å². The van der Waals surface area contributed by atoms with Gasteiger partial charge in [0.1, 0.15) is 0 Å². The van der Waals surface area contributed by atoms with Gasteiger partial charge in [0.15, 0.2) is 28.7 Å². The lowest BCUT2D eigenvalue weighted by Gasteiger charge is -2.03. The highest BCUT2D eigenvalue weighted by atomic mass is 16.6. The zero-order valence-corrected chi connectivity index (χ0v) is 12.8. The lowest BCUT2D eigenvalue weighted by atomic mass is 10.2. The molecule has 1 heterocycles. The number of benzene rings is 2. The van der Waals surface area contributed by atoms with E-state index in [2.05, 4.69) is 10.3 Å². The Bertz CT molecular complexity index is 904. The summed E-state index contributed by atoms with van der Waals surface area (Å²) < 4.78 is 5.03. The number of carbonyl (C=O) groups is 1. The summed E-state index contributed by atoms with van der Waals surface area (Å²) in [7, 11) is 0. The van der Waals surface area contributed by atoms with Gasteiger partial charge in [0.25, 0.3) is 0 Å². The third kappa shape index (κ3) is 3.47. The Balaban J connectivity index is 1.72. The second-order valence-electron chi connectivity index (χ2n) is 5.24. The van der Waals surface area contributed by atoms with Crippen LogP contribution in [0.4, 0.5) is 0 Å². The molecule has 0 unspecified atom stereocenters. The van der Waals surface area contributed by atoms with Crippen LogP contribution < -0.4 is 5.32 Å². The van der Waals surface area contributed by atoms with Gasteiger partial charge in [-0.05, 0) is 35.9 Å². The number of aliphatic imine (C=N–C) groups is 1. The van der Waals surface area contributed by atoms with Crippen molar-refractivity contribution in [3.05, 3.63) is 59.4 Å². The largest absolute Gasteiger partial charge is 0.504 e. The van der Waals surface area contributed by atoms with Crippen molar-refractivity contribution < 1.29 is 30.0 Å². The minimum atomic E-state index is -0.663. The van der Waals surface area contributed by atoms with E-state index in [1.165, 1.54) is 36.5 Å². The number of phenols is 4. The Morgan fingerprint density at radius 2 is 1.64 bits per heavy atom. The summed E-state index contributed by atoms with van der Waals surface area (Å²) in [6, 6.07) is 8.31. The highest BCUT2D eigenvalue weighted by molar-refractivity contribution is 6.11. The molecule has 25 heavy (non-hydrogen) atoms. The maximum atomic E-state index is 11.8. The Kier molecular flexibility index (Phi) is 4.17. The van der Waals surface area contributed by atoms with Crippen molar-refractivity contribution in [2.75, 3.05) is 0 Å². The van der Waals surface area contributed by atoms with Crippen molar-refractivity contribution in [3.8, 4) is 23.0 Å². The molecule has 2 aromatic rings. The van der Waals surface area contributed by atoms with E-state index < -0.39 is 5.97 Å². The number of rotatable bonds is 4. The summed E-state index contributed by atoms with van der Waals surface area (Å²) in [5.41, 5.74) is 1.06. The molecule has 0 saturated carbocycles. The predicted molar refractivity (Wildman–Crippen MR) is 87.1 cm³/mol. The monoisotopic (exact) mass is 342 g/mol. The number of esters is 1. The summed E-state index contributed by atoms with van der Waals surface area (Å²) in [6.45, 7) is 0.287. The fourth-order valence-corrected chi connectivity index (χ4v) is 2.13. The average molecular weight is 342 g/mol. The molecule has 0 saturated heterocycles. The van der Waals surface area contributed by atoms with Crippen LogP contribution in [0.25, 0.3) is 0 Å². The number of nitrogens with zero attached hydrogens (tertiary/aromatic N) is 1. The third-order valence-electron chi connectivity index (χ3n) is 3.43. The summed E-state index contributed by atoms with van der Waals surface area (Å²) in [6.07, 6.45) is 1.36. The number of nitrogens with one attached hydrogen (secondary N) is 1. The van der Waals surface area contributed by atoms with E-state index in [9.17, 15) is 25.2 Å². The quantitative estimate of drug-likeness (QED) is 0.323. The standard InChI is InChI=1S/C17H14N2O6/c20-12-3-1-9(5-14(12)22)7-18-8-11-17(24)25-16(19-11)10-2-4-13(21)15(23)6-10/h1-6,8,18,20-23H,7H2/b11-8+. The number of hydrogen-bond donors (Lipinski definition) is 5. The molecule has 0 spiro atoms. The summed E-state index contributed by atoms with van der Waals surface area (Å²) in [5.74, 6) is -1.74. The molecule has 128 valence electrons. The zero-order chi connectivity index (χ0) is 18.0. The van der Waals surface area contributed by atoms with Crippen LogP contribution >= 0.6 is 0 Å². The topological polar surface area (TPSA) is 132 Å². The van der Waals surface area contributed by atoms with E-state index in [1.54, 1.807) is 6.07 Å². The van der Waals surface area contributed by atoms with E-state index in [1.807, 2.05) is 0 Å². The molecule has 2 aromatic carbocycles. The summed E-state index contributed by atoms with van der Waals surface area (Å²) in [4.78, 5) is 15.9. The second kappa shape index (κ2) is 6.44. The third-order valence-corrected chi connectivity index (χ3v) is 3.43. The Hall–Kier alpha value is -3.68. The van der Waals surface area contributed by atoms with Gasteiger partial charge in [-0.1, -0.05) is 6.07 Å². The molecule has 0 bridgehead atoms. The first-order valence-corrected chi connectivity index (χ1v) is 7.21. The second-order valence-corrected chi connectivity index (χ2v) is 5.24. The molecular weight excluding hydrogens is 328 g/mol. The Morgan fingerprint density at radius 3 is 2.32 bits per heavy atom. The van der Waals surface area contributed by atoms with Crippen molar-refractivity contribution in [3.63, 3.8) is 0 Å². The van der Waals surface area contributed by atoms with Crippen molar-refractivity contribution in [2.45, 2.75) is 6.54 Å². The van der Waals surface area contributed by atoms with Gasteiger partial charge in [-0.3, -0.25) is 0 Å². The molecule has 0 aromatic heterocycles. The molecule has 0 fully saturated rings. The van der Waals surface area contributed by atoms with E-state index in [0.29, 0.717) is 11.1 Å². The van der Waals surface area contributed by atoms with E-state index in [4.69, 9.17) is 4.74 Å². The SMILES string of the molecule is O=C1OC(c2ccc(O)c(O)c2)=N/C1=C/NCc1ccc(O)c(O)c1. The molecule has 8 heteroatoms. The van der Waals surface area contributed by atoms with Crippen LogP contribution in [0.5, 0.6) is 23.0 Å². The molecular formula is C17H14N2O6. The molecule has 0 amide bonds. The molecule has 0 atom stereocenters. The van der Waals surface area contributed by atoms with Gasteiger partial charge < -0.3 is 30.5 Å². The van der Waals surface area contributed by atoms with Crippen LogP contribution in [0, 0.1) is 0 Å². The Labute approximate surface area is 142 Å². The van der Waals surface area contributed by atoms with Crippen molar-refractivity contribution >= 4 is 11.9 Å². The molecule has 1 aliphatic heterocycles. The zero-order valence-electron chi connectivity index (χ0n) is 12.8. The van der Waals surface area contributed by atoms with E-state index in [-0.39, 0.29) is 41.1 Å². The number of phenolic OH excluding ortho intramolecular Hbond substituents is 4. The smallest absolute Gasteiger partial charge is 0.365 e. The summed E-state index contributed by atoms with van der Waals surface area (Å²) >= 11 is 0. The van der Waals surface area contributed by atoms with Gasteiger partial charge in [-0.15, -0.1) is 0 Å². The minimum Gasteiger partial charge on any atom is -0.504 e. The van der Waals surface area contributed by atoms with Gasteiger partial charge in [-0.2, -0.15) is 0 Å². The highest BCUT2D eigenvalue weighted by Gasteiger charge is 2.24. The molecule has 5 N–H and O–H groups in total. The number of cyclic esters (lactones) is 1. The number of carbonyl (C=O) groups excluding carboxylic acids is 1. The lowest BCUT2D eigenvalue weighted by molar-refractivity contribution is -0.130. The van der Waals surface area contributed by atoms with Gasteiger partial charge in [0.05, 0.1) is 0 Å². The van der Waals surface area contributed by atoms with E-state index in [0.717, 1.165) is 0 Å².